The van der Waals surface area contributed by atoms with Crippen LogP contribution in [0.25, 0.3) is 0 Å². The van der Waals surface area contributed by atoms with Gasteiger partial charge in [-0.25, -0.2) is 4.79 Å². The highest BCUT2D eigenvalue weighted by Crippen LogP contribution is 2.24. The highest BCUT2D eigenvalue weighted by Gasteiger charge is 2.23. The van der Waals surface area contributed by atoms with Gasteiger partial charge in [0.2, 0.25) is 0 Å². The summed E-state index contributed by atoms with van der Waals surface area (Å²) in [7, 11) is 1.58. The molecular weight excluding hydrogens is 378 g/mol. The number of benzene rings is 2. The molecule has 0 radical (unpaired) electrons. The largest absolute Gasteiger partial charge is 0.495 e. The number of carbonyl (C=O) groups excluding carboxylic acids is 2. The summed E-state index contributed by atoms with van der Waals surface area (Å²) in [5.74, 6) is 0.853. The van der Waals surface area contributed by atoms with E-state index in [0.717, 1.165) is 12.8 Å². The number of ether oxygens (including phenoxy) is 1. The van der Waals surface area contributed by atoms with Crippen molar-refractivity contribution in [3.05, 3.63) is 59.1 Å². The fraction of sp³-hybridized carbons (Fsp3) is 0.333. The lowest BCUT2D eigenvalue weighted by atomic mass is 9.97. The number of hydrogen-bond acceptors (Lipinski definition) is 3. The van der Waals surface area contributed by atoms with E-state index in [0.29, 0.717) is 47.6 Å². The Morgan fingerprint density at radius 2 is 1.89 bits per heavy atom. The minimum atomic E-state index is -0.133. The minimum Gasteiger partial charge on any atom is -0.495 e. The smallest absolute Gasteiger partial charge is 0.321 e. The number of urea groups is 1. The SMILES string of the molecule is COc1ccccc1NC(=O)N1CCC(CNC(=O)c2cccc(Cl)c2)CC1. The lowest BCUT2D eigenvalue weighted by molar-refractivity contribution is 0.0938. The summed E-state index contributed by atoms with van der Waals surface area (Å²) in [5, 5.41) is 6.41. The molecule has 2 N–H and O–H groups in total. The Kier molecular flexibility index (Phi) is 6.76. The third-order valence-electron chi connectivity index (χ3n) is 4.89. The number of nitrogens with zero attached hydrogens (tertiary/aromatic N) is 1. The van der Waals surface area contributed by atoms with Gasteiger partial charge in [-0.05, 0) is 49.1 Å². The van der Waals surface area contributed by atoms with Gasteiger partial charge in [-0.1, -0.05) is 29.8 Å². The Balaban J connectivity index is 1.45. The number of anilines is 1. The van der Waals surface area contributed by atoms with Crippen LogP contribution in [0.2, 0.25) is 5.02 Å². The van der Waals surface area contributed by atoms with E-state index in [2.05, 4.69) is 10.6 Å². The molecule has 7 heteroatoms. The van der Waals surface area contributed by atoms with Crippen LogP contribution in [0.3, 0.4) is 0 Å². The molecule has 1 fully saturated rings. The van der Waals surface area contributed by atoms with Crippen LogP contribution in [-0.2, 0) is 0 Å². The Morgan fingerprint density at radius 1 is 1.14 bits per heavy atom. The molecule has 1 heterocycles. The molecule has 28 heavy (non-hydrogen) atoms. The molecule has 1 aliphatic heterocycles. The summed E-state index contributed by atoms with van der Waals surface area (Å²) >= 11 is 5.93. The highest BCUT2D eigenvalue weighted by molar-refractivity contribution is 6.30. The Hall–Kier alpha value is -2.73. The molecular formula is C21H24ClN3O3. The predicted octanol–water partition coefficient (Wildman–Crippen LogP) is 4.02. The van der Waals surface area contributed by atoms with Gasteiger partial charge in [-0.2, -0.15) is 0 Å². The van der Waals surface area contributed by atoms with Gasteiger partial charge < -0.3 is 20.3 Å². The van der Waals surface area contributed by atoms with Gasteiger partial charge in [-0.15, -0.1) is 0 Å². The van der Waals surface area contributed by atoms with E-state index in [1.165, 1.54) is 0 Å². The zero-order valence-electron chi connectivity index (χ0n) is 15.8. The summed E-state index contributed by atoms with van der Waals surface area (Å²) in [6.07, 6.45) is 1.68. The number of amides is 3. The third-order valence-corrected chi connectivity index (χ3v) is 5.12. The van der Waals surface area contributed by atoms with Crippen molar-refractivity contribution in [2.24, 2.45) is 5.92 Å². The molecule has 6 nitrogen and oxygen atoms in total. The van der Waals surface area contributed by atoms with Gasteiger partial charge >= 0.3 is 6.03 Å². The van der Waals surface area contributed by atoms with Gasteiger partial charge in [0.15, 0.2) is 0 Å². The Labute approximate surface area is 169 Å². The number of para-hydroxylation sites is 2. The van der Waals surface area contributed by atoms with Crippen molar-refractivity contribution in [3.63, 3.8) is 0 Å². The standard InChI is InChI=1S/C21H24ClN3O3/c1-28-19-8-3-2-7-18(19)24-21(27)25-11-9-15(10-12-25)14-23-20(26)16-5-4-6-17(22)13-16/h2-8,13,15H,9-12,14H2,1H3,(H,23,26)(H,24,27). The number of hydrogen-bond donors (Lipinski definition) is 2. The summed E-state index contributed by atoms with van der Waals surface area (Å²) in [4.78, 5) is 26.5. The molecule has 2 aromatic rings. The maximum absolute atomic E-state index is 12.5. The normalized spacial score (nSPS) is 14.4. The zero-order chi connectivity index (χ0) is 19.9. The van der Waals surface area contributed by atoms with Crippen molar-refractivity contribution in [2.75, 3.05) is 32.1 Å². The lowest BCUT2D eigenvalue weighted by Gasteiger charge is -2.32. The summed E-state index contributed by atoms with van der Waals surface area (Å²) in [6.45, 7) is 1.89. The number of nitrogens with one attached hydrogen (secondary N) is 2. The second-order valence-corrected chi connectivity index (χ2v) is 7.22. The molecule has 0 unspecified atom stereocenters. The van der Waals surface area contributed by atoms with E-state index in [1.54, 1.807) is 36.3 Å². The number of likely N-dealkylation sites (tertiary alicyclic amines) is 1. The van der Waals surface area contributed by atoms with Crippen molar-refractivity contribution < 1.29 is 14.3 Å². The predicted molar refractivity (Wildman–Crippen MR) is 110 cm³/mol. The second kappa shape index (κ2) is 9.46. The van der Waals surface area contributed by atoms with E-state index in [-0.39, 0.29) is 11.9 Å². The second-order valence-electron chi connectivity index (χ2n) is 6.78. The molecule has 2 aromatic carbocycles. The fourth-order valence-electron chi connectivity index (χ4n) is 3.25. The first-order chi connectivity index (χ1) is 13.6. The third kappa shape index (κ3) is 5.16. The number of rotatable bonds is 5. The van der Waals surface area contributed by atoms with Crippen molar-refractivity contribution >= 4 is 29.2 Å². The number of carbonyl (C=O) groups is 2. The van der Waals surface area contributed by atoms with Gasteiger partial charge in [0, 0.05) is 30.2 Å². The molecule has 1 saturated heterocycles. The molecule has 0 aromatic heterocycles. The highest BCUT2D eigenvalue weighted by atomic mass is 35.5. The molecule has 3 rings (SSSR count). The summed E-state index contributed by atoms with van der Waals surface area (Å²) < 4.78 is 5.27. The van der Waals surface area contributed by atoms with Gasteiger partial charge in [0.25, 0.3) is 5.91 Å². The van der Waals surface area contributed by atoms with Crippen molar-refractivity contribution in [1.82, 2.24) is 10.2 Å². The number of piperidine rings is 1. The molecule has 148 valence electrons. The molecule has 0 bridgehead atoms. The van der Waals surface area contributed by atoms with Crippen LogP contribution < -0.4 is 15.4 Å². The van der Waals surface area contributed by atoms with E-state index >= 15 is 0 Å². The number of halogens is 1. The minimum absolute atomic E-state index is 0.126. The topological polar surface area (TPSA) is 70.7 Å². The van der Waals surface area contributed by atoms with E-state index in [9.17, 15) is 9.59 Å². The van der Waals surface area contributed by atoms with Crippen molar-refractivity contribution in [3.8, 4) is 5.75 Å². The average Bonchev–Trinajstić information content (AvgIpc) is 2.72. The monoisotopic (exact) mass is 401 g/mol. The van der Waals surface area contributed by atoms with Gasteiger partial charge in [-0.3, -0.25) is 4.79 Å². The zero-order valence-corrected chi connectivity index (χ0v) is 16.5. The van der Waals surface area contributed by atoms with Gasteiger partial charge in [0.1, 0.15) is 5.75 Å². The maximum Gasteiger partial charge on any atom is 0.321 e. The van der Waals surface area contributed by atoms with Crippen LogP contribution in [0.4, 0.5) is 10.5 Å². The Bertz CT molecular complexity index is 835. The average molecular weight is 402 g/mol. The molecule has 0 atom stereocenters. The maximum atomic E-state index is 12.5. The first-order valence-corrected chi connectivity index (χ1v) is 9.67. The molecule has 0 spiro atoms. The molecule has 3 amide bonds. The van der Waals surface area contributed by atoms with E-state index in [1.807, 2.05) is 24.3 Å². The quantitative estimate of drug-likeness (QED) is 0.794. The van der Waals surface area contributed by atoms with Crippen LogP contribution in [-0.4, -0.2) is 43.6 Å². The number of methoxy groups -OCH3 is 1. The van der Waals surface area contributed by atoms with E-state index in [4.69, 9.17) is 16.3 Å². The first-order valence-electron chi connectivity index (χ1n) is 9.29. The molecule has 0 saturated carbocycles. The van der Waals surface area contributed by atoms with E-state index < -0.39 is 0 Å². The molecule has 1 aliphatic rings. The summed E-state index contributed by atoms with van der Waals surface area (Å²) in [6, 6.07) is 14.1. The van der Waals surface area contributed by atoms with Crippen LogP contribution in [0.15, 0.2) is 48.5 Å². The fourth-order valence-corrected chi connectivity index (χ4v) is 3.44. The first kappa shape index (κ1) is 20.0. The van der Waals surface area contributed by atoms with Crippen LogP contribution in [0.1, 0.15) is 23.2 Å². The lowest BCUT2D eigenvalue weighted by Crippen LogP contribution is -2.43. The summed E-state index contributed by atoms with van der Waals surface area (Å²) in [5.41, 5.74) is 1.21. The Morgan fingerprint density at radius 3 is 2.61 bits per heavy atom. The van der Waals surface area contributed by atoms with Crippen molar-refractivity contribution in [2.45, 2.75) is 12.8 Å². The van der Waals surface area contributed by atoms with Gasteiger partial charge in [0.05, 0.1) is 12.8 Å². The van der Waals surface area contributed by atoms with Crippen molar-refractivity contribution in [1.29, 1.82) is 0 Å². The van der Waals surface area contributed by atoms with Crippen LogP contribution in [0.5, 0.6) is 5.75 Å². The van der Waals surface area contributed by atoms with Crippen LogP contribution >= 0.6 is 11.6 Å². The molecule has 0 aliphatic carbocycles. The van der Waals surface area contributed by atoms with Crippen LogP contribution in [0, 0.1) is 5.92 Å².